The van der Waals surface area contributed by atoms with Gasteiger partial charge < -0.3 is 14.6 Å². The van der Waals surface area contributed by atoms with Crippen molar-refractivity contribution in [2.45, 2.75) is 20.3 Å². The van der Waals surface area contributed by atoms with Gasteiger partial charge >= 0.3 is 0 Å². The van der Waals surface area contributed by atoms with E-state index < -0.39 is 0 Å². The molecular formula is C18H22N2O3. The Hall–Kier alpha value is -2.56. The van der Waals surface area contributed by atoms with Crippen molar-refractivity contribution < 1.29 is 14.6 Å². The number of phenols is 1. The van der Waals surface area contributed by atoms with Crippen LogP contribution in [0.25, 0.3) is 6.08 Å². The lowest BCUT2D eigenvalue weighted by molar-refractivity contribution is 0.401. The maximum Gasteiger partial charge on any atom is 0.236 e. The van der Waals surface area contributed by atoms with Gasteiger partial charge in [0.2, 0.25) is 5.90 Å². The molecule has 0 atom stereocenters. The van der Waals surface area contributed by atoms with Crippen LogP contribution in [0.4, 0.5) is 0 Å². The Kier molecular flexibility index (Phi) is 5.57. The number of methoxy groups -OCH3 is 2. The van der Waals surface area contributed by atoms with E-state index in [1.807, 2.05) is 32.1 Å². The molecule has 0 radical (unpaired) electrons. The molecule has 0 aromatic heterocycles. The smallest absolute Gasteiger partial charge is 0.236 e. The molecule has 122 valence electrons. The molecule has 1 aliphatic rings. The number of hydrogen-bond acceptors (Lipinski definition) is 5. The van der Waals surface area contributed by atoms with E-state index in [1.165, 1.54) is 5.57 Å². The van der Waals surface area contributed by atoms with Gasteiger partial charge in [0, 0.05) is 5.56 Å². The van der Waals surface area contributed by atoms with Crippen LogP contribution in [0.3, 0.4) is 0 Å². The van der Waals surface area contributed by atoms with E-state index in [9.17, 15) is 5.11 Å². The largest absolute Gasteiger partial charge is 0.507 e. The van der Waals surface area contributed by atoms with Gasteiger partial charge in [-0.05, 0) is 44.0 Å². The summed E-state index contributed by atoms with van der Waals surface area (Å²) >= 11 is 0. The zero-order valence-corrected chi connectivity index (χ0v) is 14.0. The molecule has 23 heavy (non-hydrogen) atoms. The lowest BCUT2D eigenvalue weighted by atomic mass is 10.0. The Labute approximate surface area is 136 Å². The SMILES string of the molecule is COC1=NCN=C1/C=C/c1cc(O)c(CC=C(C)C)c(OC)c1. The van der Waals surface area contributed by atoms with Crippen molar-refractivity contribution in [1.82, 2.24) is 0 Å². The molecule has 0 saturated heterocycles. The molecule has 1 heterocycles. The van der Waals surface area contributed by atoms with Crippen molar-refractivity contribution in [2.24, 2.45) is 9.98 Å². The summed E-state index contributed by atoms with van der Waals surface area (Å²) in [6.45, 7) is 4.44. The Morgan fingerprint density at radius 1 is 1.17 bits per heavy atom. The molecule has 1 aromatic rings. The molecule has 0 bridgehead atoms. The van der Waals surface area contributed by atoms with Crippen LogP contribution < -0.4 is 4.74 Å². The first-order chi connectivity index (χ1) is 11.0. The zero-order chi connectivity index (χ0) is 16.8. The predicted molar refractivity (Wildman–Crippen MR) is 93.6 cm³/mol. The Morgan fingerprint density at radius 3 is 2.61 bits per heavy atom. The second-order valence-electron chi connectivity index (χ2n) is 5.39. The van der Waals surface area contributed by atoms with E-state index in [-0.39, 0.29) is 5.75 Å². The summed E-state index contributed by atoms with van der Waals surface area (Å²) in [4.78, 5) is 8.35. The number of rotatable bonds is 5. The fourth-order valence-electron chi connectivity index (χ4n) is 2.23. The highest BCUT2D eigenvalue weighted by molar-refractivity contribution is 6.45. The summed E-state index contributed by atoms with van der Waals surface area (Å²) in [6, 6.07) is 3.61. The first-order valence-corrected chi connectivity index (χ1v) is 7.39. The van der Waals surface area contributed by atoms with E-state index >= 15 is 0 Å². The first-order valence-electron chi connectivity index (χ1n) is 7.39. The number of nitrogens with zero attached hydrogens (tertiary/aromatic N) is 2. The molecular weight excluding hydrogens is 292 g/mol. The Bertz CT molecular complexity index is 696. The molecule has 1 aromatic carbocycles. The number of hydrogen-bond donors (Lipinski definition) is 1. The van der Waals surface area contributed by atoms with Crippen LogP contribution in [0.5, 0.6) is 11.5 Å². The minimum Gasteiger partial charge on any atom is -0.507 e. The molecule has 0 saturated carbocycles. The van der Waals surface area contributed by atoms with Crippen molar-refractivity contribution in [2.75, 3.05) is 20.9 Å². The van der Waals surface area contributed by atoms with Crippen molar-refractivity contribution in [1.29, 1.82) is 0 Å². The fourth-order valence-corrected chi connectivity index (χ4v) is 2.23. The van der Waals surface area contributed by atoms with E-state index in [0.29, 0.717) is 30.4 Å². The molecule has 0 amide bonds. The second-order valence-corrected chi connectivity index (χ2v) is 5.39. The van der Waals surface area contributed by atoms with E-state index in [1.54, 1.807) is 20.3 Å². The van der Waals surface area contributed by atoms with Crippen molar-refractivity contribution in [3.8, 4) is 11.5 Å². The molecule has 1 aliphatic heterocycles. The second kappa shape index (κ2) is 7.63. The minimum atomic E-state index is 0.218. The standard InChI is InChI=1S/C18H22N2O3/c1-12(2)5-7-14-16(21)9-13(10-17(14)22-3)6-8-15-18(23-4)20-11-19-15/h5-6,8-10,21H,7,11H2,1-4H3/b8-6+. The molecule has 5 heteroatoms. The maximum absolute atomic E-state index is 10.3. The lowest BCUT2D eigenvalue weighted by Gasteiger charge is -2.11. The van der Waals surface area contributed by atoms with Crippen LogP contribution in [0, 0.1) is 0 Å². The molecule has 1 N–H and O–H groups in total. The number of aromatic hydroxyl groups is 1. The molecule has 0 spiro atoms. The van der Waals surface area contributed by atoms with Crippen molar-refractivity contribution in [3.05, 3.63) is 41.0 Å². The third-order valence-electron chi connectivity index (χ3n) is 3.44. The summed E-state index contributed by atoms with van der Waals surface area (Å²) in [5.74, 6) is 1.41. The maximum atomic E-state index is 10.3. The van der Waals surface area contributed by atoms with Crippen LogP contribution in [0.2, 0.25) is 0 Å². The zero-order valence-electron chi connectivity index (χ0n) is 14.0. The van der Waals surface area contributed by atoms with Crippen LogP contribution in [0.1, 0.15) is 25.0 Å². The first kappa shape index (κ1) is 16.8. The number of ether oxygens (including phenoxy) is 2. The van der Waals surface area contributed by atoms with Gasteiger partial charge in [-0.3, -0.25) is 4.99 Å². The third-order valence-corrected chi connectivity index (χ3v) is 3.44. The number of aliphatic imine (C=N–C) groups is 2. The summed E-state index contributed by atoms with van der Waals surface area (Å²) < 4.78 is 10.6. The fraction of sp³-hybridized carbons (Fsp3) is 0.333. The quantitative estimate of drug-likeness (QED) is 0.847. The molecule has 5 nitrogen and oxygen atoms in total. The highest BCUT2D eigenvalue weighted by Gasteiger charge is 2.12. The topological polar surface area (TPSA) is 63.4 Å². The number of allylic oxidation sites excluding steroid dienone is 2. The van der Waals surface area contributed by atoms with Crippen LogP contribution in [0.15, 0.2) is 39.8 Å². The summed E-state index contributed by atoms with van der Waals surface area (Å²) in [5.41, 5.74) is 3.49. The summed E-state index contributed by atoms with van der Waals surface area (Å²) in [6.07, 6.45) is 6.36. The van der Waals surface area contributed by atoms with E-state index in [2.05, 4.69) is 16.1 Å². The van der Waals surface area contributed by atoms with Gasteiger partial charge in [-0.2, -0.15) is 0 Å². The molecule has 0 aliphatic carbocycles. The van der Waals surface area contributed by atoms with Gasteiger partial charge in [0.05, 0.1) is 14.2 Å². The third kappa shape index (κ3) is 4.22. The lowest BCUT2D eigenvalue weighted by Crippen LogP contribution is -2.09. The normalized spacial score (nSPS) is 13.7. The van der Waals surface area contributed by atoms with Crippen molar-refractivity contribution >= 4 is 17.7 Å². The van der Waals surface area contributed by atoms with Gasteiger partial charge in [0.15, 0.2) is 0 Å². The van der Waals surface area contributed by atoms with Gasteiger partial charge in [0.25, 0.3) is 0 Å². The highest BCUT2D eigenvalue weighted by atomic mass is 16.5. The molecule has 0 unspecified atom stereocenters. The average molecular weight is 314 g/mol. The summed E-state index contributed by atoms with van der Waals surface area (Å²) in [5, 5.41) is 10.3. The number of phenolic OH excluding ortho intramolecular Hbond substituents is 1. The number of benzene rings is 1. The van der Waals surface area contributed by atoms with Crippen LogP contribution >= 0.6 is 0 Å². The van der Waals surface area contributed by atoms with Gasteiger partial charge in [-0.1, -0.05) is 17.7 Å². The van der Waals surface area contributed by atoms with Gasteiger partial charge in [-0.25, -0.2) is 4.99 Å². The van der Waals surface area contributed by atoms with E-state index in [4.69, 9.17) is 9.47 Å². The average Bonchev–Trinajstić information content (AvgIpc) is 2.98. The Balaban J connectivity index is 2.26. The predicted octanol–water partition coefficient (Wildman–Crippen LogP) is 3.38. The Morgan fingerprint density at radius 2 is 1.96 bits per heavy atom. The van der Waals surface area contributed by atoms with Gasteiger partial charge in [-0.15, -0.1) is 0 Å². The molecule has 0 fully saturated rings. The summed E-state index contributed by atoms with van der Waals surface area (Å²) in [7, 11) is 3.17. The minimum absolute atomic E-state index is 0.218. The van der Waals surface area contributed by atoms with Crippen LogP contribution in [-0.2, 0) is 11.2 Å². The molecule has 2 rings (SSSR count). The van der Waals surface area contributed by atoms with Crippen LogP contribution in [-0.4, -0.2) is 37.6 Å². The van der Waals surface area contributed by atoms with Gasteiger partial charge in [0.1, 0.15) is 23.9 Å². The monoisotopic (exact) mass is 314 g/mol. The van der Waals surface area contributed by atoms with E-state index in [0.717, 1.165) is 11.1 Å². The highest BCUT2D eigenvalue weighted by Crippen LogP contribution is 2.31. The van der Waals surface area contributed by atoms with Crippen molar-refractivity contribution in [3.63, 3.8) is 0 Å².